The van der Waals surface area contributed by atoms with E-state index in [0.717, 1.165) is 25.2 Å². The second-order valence-corrected chi connectivity index (χ2v) is 6.70. The fourth-order valence-corrected chi connectivity index (χ4v) is 3.69. The van der Waals surface area contributed by atoms with Gasteiger partial charge in [0, 0.05) is 19.3 Å². The van der Waals surface area contributed by atoms with E-state index in [-0.39, 0.29) is 0 Å². The van der Waals surface area contributed by atoms with Crippen LogP contribution in [0, 0.1) is 5.92 Å². The summed E-state index contributed by atoms with van der Waals surface area (Å²) in [6.45, 7) is 9.39. The van der Waals surface area contributed by atoms with E-state index in [1.807, 2.05) is 0 Å². The number of likely N-dealkylation sites (tertiary alicyclic amines) is 1. The third kappa shape index (κ3) is 5.34. The highest BCUT2D eigenvalue weighted by molar-refractivity contribution is 4.77. The molecule has 0 saturated carbocycles. The van der Waals surface area contributed by atoms with E-state index in [0.29, 0.717) is 0 Å². The average Bonchev–Trinajstić information content (AvgIpc) is 2.52. The van der Waals surface area contributed by atoms with Crippen LogP contribution in [-0.2, 0) is 4.74 Å². The van der Waals surface area contributed by atoms with Crippen LogP contribution in [0.4, 0.5) is 0 Å². The molecule has 0 aliphatic carbocycles. The quantitative estimate of drug-likeness (QED) is 0.668. The number of hydrogen-bond acceptors (Lipinski definition) is 3. The zero-order chi connectivity index (χ0) is 14.2. The molecular weight excluding hydrogens is 248 g/mol. The topological polar surface area (TPSA) is 15.7 Å². The fourth-order valence-electron chi connectivity index (χ4n) is 3.69. The van der Waals surface area contributed by atoms with Gasteiger partial charge in [0.15, 0.2) is 0 Å². The molecule has 2 saturated heterocycles. The Morgan fingerprint density at radius 2 is 1.75 bits per heavy atom. The highest BCUT2D eigenvalue weighted by Gasteiger charge is 2.21. The Hall–Kier alpha value is -0.120. The van der Waals surface area contributed by atoms with E-state index < -0.39 is 0 Å². The number of nitrogens with zero attached hydrogens (tertiary/aromatic N) is 2. The van der Waals surface area contributed by atoms with Crippen molar-refractivity contribution in [2.45, 2.75) is 57.9 Å². The lowest BCUT2D eigenvalue weighted by atomic mass is 9.94. The highest BCUT2D eigenvalue weighted by atomic mass is 16.5. The molecule has 2 aliphatic heterocycles. The molecule has 2 aliphatic rings. The molecule has 0 aromatic heterocycles. The van der Waals surface area contributed by atoms with Gasteiger partial charge in [-0.15, -0.1) is 0 Å². The number of rotatable bonds is 7. The van der Waals surface area contributed by atoms with Crippen molar-refractivity contribution in [1.82, 2.24) is 9.80 Å². The van der Waals surface area contributed by atoms with Crippen molar-refractivity contribution in [3.63, 3.8) is 0 Å². The normalized spacial score (nSPS) is 23.6. The van der Waals surface area contributed by atoms with Gasteiger partial charge in [-0.2, -0.15) is 0 Å². The number of hydrogen-bond donors (Lipinski definition) is 0. The zero-order valence-corrected chi connectivity index (χ0v) is 13.6. The second kappa shape index (κ2) is 9.01. The first-order valence-electron chi connectivity index (χ1n) is 8.80. The molecule has 0 bridgehead atoms. The Morgan fingerprint density at radius 1 is 1.05 bits per heavy atom. The van der Waals surface area contributed by atoms with Crippen LogP contribution in [0.1, 0.15) is 51.9 Å². The average molecular weight is 282 g/mol. The van der Waals surface area contributed by atoms with Crippen molar-refractivity contribution in [2.75, 3.05) is 46.4 Å². The van der Waals surface area contributed by atoms with E-state index in [9.17, 15) is 0 Å². The fraction of sp³-hybridized carbons (Fsp3) is 1.00. The molecular formula is C17H34N2O. The van der Waals surface area contributed by atoms with Crippen LogP contribution in [-0.4, -0.2) is 62.3 Å². The Morgan fingerprint density at radius 3 is 2.40 bits per heavy atom. The lowest BCUT2D eigenvalue weighted by Gasteiger charge is -2.36. The van der Waals surface area contributed by atoms with Crippen LogP contribution in [0.25, 0.3) is 0 Å². The van der Waals surface area contributed by atoms with Crippen molar-refractivity contribution < 1.29 is 4.74 Å². The van der Waals surface area contributed by atoms with Gasteiger partial charge in [0.1, 0.15) is 0 Å². The van der Waals surface area contributed by atoms with Crippen molar-refractivity contribution >= 4 is 0 Å². The summed E-state index contributed by atoms with van der Waals surface area (Å²) in [6.07, 6.45) is 9.53. The van der Waals surface area contributed by atoms with Gasteiger partial charge < -0.3 is 14.5 Å². The Balaban J connectivity index is 1.52. The van der Waals surface area contributed by atoms with E-state index >= 15 is 0 Å². The summed E-state index contributed by atoms with van der Waals surface area (Å²) in [5.74, 6) is 0.946. The van der Waals surface area contributed by atoms with Crippen LogP contribution >= 0.6 is 0 Å². The molecule has 20 heavy (non-hydrogen) atoms. The minimum Gasteiger partial charge on any atom is -0.381 e. The first kappa shape index (κ1) is 16.3. The third-order valence-corrected chi connectivity index (χ3v) is 5.34. The Labute approximate surface area is 125 Å². The number of piperidine rings is 1. The van der Waals surface area contributed by atoms with Crippen molar-refractivity contribution in [1.29, 1.82) is 0 Å². The van der Waals surface area contributed by atoms with E-state index in [1.165, 1.54) is 71.1 Å². The van der Waals surface area contributed by atoms with E-state index in [1.54, 1.807) is 0 Å². The maximum Gasteiger partial charge on any atom is 0.0468 e. The molecule has 0 spiro atoms. The van der Waals surface area contributed by atoms with Gasteiger partial charge in [-0.05, 0) is 71.2 Å². The molecule has 0 atom stereocenters. The molecule has 118 valence electrons. The summed E-state index contributed by atoms with van der Waals surface area (Å²) in [5.41, 5.74) is 0. The van der Waals surface area contributed by atoms with Crippen LogP contribution in [0.2, 0.25) is 0 Å². The predicted octanol–water partition coefficient (Wildman–Crippen LogP) is 3.00. The number of unbranched alkanes of at least 4 members (excludes halogenated alkanes) is 1. The molecule has 2 heterocycles. The van der Waals surface area contributed by atoms with E-state index in [2.05, 4.69) is 23.8 Å². The zero-order valence-electron chi connectivity index (χ0n) is 13.6. The maximum absolute atomic E-state index is 5.43. The highest BCUT2D eigenvalue weighted by Crippen LogP contribution is 2.21. The summed E-state index contributed by atoms with van der Waals surface area (Å²) in [7, 11) is 2.33. The molecule has 0 amide bonds. The maximum atomic E-state index is 5.43. The van der Waals surface area contributed by atoms with Crippen LogP contribution in [0.15, 0.2) is 0 Å². The van der Waals surface area contributed by atoms with Crippen LogP contribution in [0.5, 0.6) is 0 Å². The first-order valence-corrected chi connectivity index (χ1v) is 8.80. The Kier molecular flexibility index (Phi) is 7.32. The molecule has 0 N–H and O–H groups in total. The molecule has 3 nitrogen and oxygen atoms in total. The van der Waals surface area contributed by atoms with Crippen molar-refractivity contribution in [3.05, 3.63) is 0 Å². The lowest BCUT2D eigenvalue weighted by molar-refractivity contribution is 0.0626. The monoisotopic (exact) mass is 282 g/mol. The minimum atomic E-state index is 0.834. The van der Waals surface area contributed by atoms with Gasteiger partial charge in [-0.3, -0.25) is 0 Å². The van der Waals surface area contributed by atoms with Crippen LogP contribution in [0.3, 0.4) is 0 Å². The Bertz CT molecular complexity index is 245. The van der Waals surface area contributed by atoms with Crippen molar-refractivity contribution in [2.24, 2.45) is 5.92 Å². The van der Waals surface area contributed by atoms with Crippen molar-refractivity contribution in [3.8, 4) is 0 Å². The van der Waals surface area contributed by atoms with Gasteiger partial charge >= 0.3 is 0 Å². The van der Waals surface area contributed by atoms with Gasteiger partial charge in [0.05, 0.1) is 0 Å². The molecule has 2 fully saturated rings. The summed E-state index contributed by atoms with van der Waals surface area (Å²) >= 11 is 0. The molecule has 0 radical (unpaired) electrons. The smallest absolute Gasteiger partial charge is 0.0468 e. The van der Waals surface area contributed by atoms with E-state index in [4.69, 9.17) is 4.74 Å². The standard InChI is InChI=1S/C17H34N2O/c1-3-19-12-7-17(8-13-19)18(2)11-5-4-6-16-9-14-20-15-10-16/h16-17H,3-15H2,1-2H3. The van der Waals surface area contributed by atoms with Gasteiger partial charge in [0.25, 0.3) is 0 Å². The molecule has 2 rings (SSSR count). The summed E-state index contributed by atoms with van der Waals surface area (Å²) in [4.78, 5) is 5.20. The molecule has 0 aromatic rings. The minimum absolute atomic E-state index is 0.834. The SMILES string of the molecule is CCN1CCC(N(C)CCCCC2CCOCC2)CC1. The largest absolute Gasteiger partial charge is 0.381 e. The van der Waals surface area contributed by atoms with Crippen LogP contribution < -0.4 is 0 Å². The summed E-state index contributed by atoms with van der Waals surface area (Å²) in [6, 6.07) is 0.834. The van der Waals surface area contributed by atoms with Gasteiger partial charge in [-0.25, -0.2) is 0 Å². The summed E-state index contributed by atoms with van der Waals surface area (Å²) in [5, 5.41) is 0. The predicted molar refractivity (Wildman–Crippen MR) is 85.2 cm³/mol. The molecule has 0 aromatic carbocycles. The molecule has 3 heteroatoms. The molecule has 0 unspecified atom stereocenters. The third-order valence-electron chi connectivity index (χ3n) is 5.34. The lowest BCUT2D eigenvalue weighted by Crippen LogP contribution is -2.43. The first-order chi connectivity index (χ1) is 9.79. The van der Waals surface area contributed by atoms with Gasteiger partial charge in [0.2, 0.25) is 0 Å². The summed E-state index contributed by atoms with van der Waals surface area (Å²) < 4.78 is 5.43. The second-order valence-electron chi connectivity index (χ2n) is 6.70. The van der Waals surface area contributed by atoms with Gasteiger partial charge in [-0.1, -0.05) is 19.8 Å². The number of ether oxygens (including phenoxy) is 1.